The van der Waals surface area contributed by atoms with E-state index in [1.165, 1.54) is 12.1 Å². The fourth-order valence-corrected chi connectivity index (χ4v) is 2.41. The molecule has 6 nitrogen and oxygen atoms in total. The molecule has 1 aromatic heterocycles. The van der Waals surface area contributed by atoms with E-state index in [4.69, 9.17) is 9.68 Å². The normalized spacial score (nSPS) is 10.8. The predicted octanol–water partition coefficient (Wildman–Crippen LogP) is 4.79. The van der Waals surface area contributed by atoms with Crippen LogP contribution in [0, 0.1) is 32.8 Å². The molecule has 0 amide bonds. The lowest BCUT2D eigenvalue weighted by atomic mass is 10.0. The van der Waals surface area contributed by atoms with Crippen LogP contribution in [0.15, 0.2) is 65.1 Å². The SMILES string of the molecule is N#C/C(=C/c1ccc(-c2cccc([N+](=O)[O-])c2)o1)c1ccc(C#N)cc1. The van der Waals surface area contributed by atoms with Crippen molar-refractivity contribution in [3.8, 4) is 23.5 Å². The van der Waals surface area contributed by atoms with E-state index >= 15 is 0 Å². The van der Waals surface area contributed by atoms with Gasteiger partial charge in [-0.1, -0.05) is 24.3 Å². The van der Waals surface area contributed by atoms with Crippen molar-refractivity contribution in [2.45, 2.75) is 0 Å². The van der Waals surface area contributed by atoms with Crippen molar-refractivity contribution in [3.63, 3.8) is 0 Å². The Morgan fingerprint density at radius 3 is 2.50 bits per heavy atom. The minimum Gasteiger partial charge on any atom is -0.457 e. The van der Waals surface area contributed by atoms with Gasteiger partial charge in [-0.2, -0.15) is 10.5 Å². The van der Waals surface area contributed by atoms with Gasteiger partial charge < -0.3 is 4.42 Å². The molecule has 3 aromatic rings. The summed E-state index contributed by atoms with van der Waals surface area (Å²) in [6, 6.07) is 20.3. The predicted molar refractivity (Wildman–Crippen MR) is 95.4 cm³/mol. The van der Waals surface area contributed by atoms with Crippen LogP contribution < -0.4 is 0 Å². The Balaban J connectivity index is 1.92. The second-order valence-electron chi connectivity index (χ2n) is 5.37. The number of benzene rings is 2. The molecule has 0 spiro atoms. The van der Waals surface area contributed by atoms with Crippen LogP contribution in [-0.2, 0) is 0 Å². The Morgan fingerprint density at radius 2 is 1.85 bits per heavy atom. The van der Waals surface area contributed by atoms with E-state index in [0.717, 1.165) is 0 Å². The summed E-state index contributed by atoms with van der Waals surface area (Å²) in [5.41, 5.74) is 2.12. The minimum atomic E-state index is -0.466. The molecule has 0 N–H and O–H groups in total. The summed E-state index contributed by atoms with van der Waals surface area (Å²) in [6.07, 6.45) is 1.59. The summed E-state index contributed by atoms with van der Waals surface area (Å²) in [5.74, 6) is 0.921. The molecule has 0 fully saturated rings. The lowest BCUT2D eigenvalue weighted by Gasteiger charge is -1.99. The van der Waals surface area contributed by atoms with Crippen molar-refractivity contribution in [1.29, 1.82) is 10.5 Å². The zero-order valence-corrected chi connectivity index (χ0v) is 13.4. The van der Waals surface area contributed by atoms with Crippen molar-refractivity contribution in [2.24, 2.45) is 0 Å². The summed E-state index contributed by atoms with van der Waals surface area (Å²) in [6.45, 7) is 0. The van der Waals surface area contributed by atoms with E-state index in [2.05, 4.69) is 6.07 Å². The second kappa shape index (κ2) is 7.16. The monoisotopic (exact) mass is 341 g/mol. The third-order valence-electron chi connectivity index (χ3n) is 3.70. The molecule has 0 saturated heterocycles. The van der Waals surface area contributed by atoms with Gasteiger partial charge in [-0.25, -0.2) is 0 Å². The van der Waals surface area contributed by atoms with E-state index in [1.807, 2.05) is 6.07 Å². The fraction of sp³-hybridized carbons (Fsp3) is 0. The molecule has 0 radical (unpaired) electrons. The molecular weight excluding hydrogens is 330 g/mol. The molecular formula is C20H11N3O3. The lowest BCUT2D eigenvalue weighted by Crippen LogP contribution is -1.87. The molecule has 1 heterocycles. The number of hydrogen-bond donors (Lipinski definition) is 0. The number of non-ortho nitro benzene ring substituents is 1. The summed E-state index contributed by atoms with van der Waals surface area (Å²) in [5, 5.41) is 29.1. The number of nitro groups is 1. The number of hydrogen-bond acceptors (Lipinski definition) is 5. The highest BCUT2D eigenvalue weighted by Gasteiger charge is 2.10. The lowest BCUT2D eigenvalue weighted by molar-refractivity contribution is -0.384. The van der Waals surface area contributed by atoms with E-state index in [-0.39, 0.29) is 5.69 Å². The highest BCUT2D eigenvalue weighted by molar-refractivity contribution is 5.89. The maximum atomic E-state index is 10.9. The van der Waals surface area contributed by atoms with Crippen molar-refractivity contribution in [2.75, 3.05) is 0 Å². The minimum absolute atomic E-state index is 0.0220. The summed E-state index contributed by atoms with van der Waals surface area (Å²) in [4.78, 5) is 10.4. The van der Waals surface area contributed by atoms with Gasteiger partial charge in [0.25, 0.3) is 5.69 Å². The van der Waals surface area contributed by atoms with Crippen molar-refractivity contribution in [1.82, 2.24) is 0 Å². The van der Waals surface area contributed by atoms with Gasteiger partial charge in [0.15, 0.2) is 0 Å². The van der Waals surface area contributed by atoms with Gasteiger partial charge in [-0.05, 0) is 35.9 Å². The van der Waals surface area contributed by atoms with Crippen LogP contribution in [0.4, 0.5) is 5.69 Å². The third kappa shape index (κ3) is 3.50. The molecule has 0 bridgehead atoms. The first-order valence-corrected chi connectivity index (χ1v) is 7.57. The highest BCUT2D eigenvalue weighted by atomic mass is 16.6. The first-order chi connectivity index (χ1) is 12.6. The summed E-state index contributed by atoms with van der Waals surface area (Å²) < 4.78 is 5.70. The Labute approximate surface area is 149 Å². The van der Waals surface area contributed by atoms with Gasteiger partial charge in [0.05, 0.1) is 28.2 Å². The van der Waals surface area contributed by atoms with Gasteiger partial charge >= 0.3 is 0 Å². The Hall–Kier alpha value is -4.16. The molecule has 0 saturated carbocycles. The van der Waals surface area contributed by atoms with Crippen LogP contribution in [-0.4, -0.2) is 4.92 Å². The molecule has 3 rings (SSSR count). The average molecular weight is 341 g/mol. The van der Waals surface area contributed by atoms with Crippen molar-refractivity contribution >= 4 is 17.3 Å². The molecule has 0 unspecified atom stereocenters. The van der Waals surface area contributed by atoms with Crippen molar-refractivity contribution in [3.05, 3.63) is 87.7 Å². The first kappa shape index (κ1) is 16.7. The van der Waals surface area contributed by atoms with Gasteiger partial charge in [0.1, 0.15) is 11.5 Å². The van der Waals surface area contributed by atoms with E-state index in [1.54, 1.807) is 54.6 Å². The van der Waals surface area contributed by atoms with Gasteiger partial charge in [0.2, 0.25) is 0 Å². The first-order valence-electron chi connectivity index (χ1n) is 7.57. The quantitative estimate of drug-likeness (QED) is 0.385. The smallest absolute Gasteiger partial charge is 0.270 e. The average Bonchev–Trinajstić information content (AvgIpc) is 3.15. The van der Waals surface area contributed by atoms with E-state index < -0.39 is 4.92 Å². The number of nitro benzene ring substituents is 1. The van der Waals surface area contributed by atoms with Crippen LogP contribution in [0.2, 0.25) is 0 Å². The van der Waals surface area contributed by atoms with E-state index in [0.29, 0.717) is 33.8 Å². The molecule has 0 aliphatic carbocycles. The number of nitrogens with zero attached hydrogens (tertiary/aromatic N) is 3. The van der Waals surface area contributed by atoms with Crippen LogP contribution in [0.3, 0.4) is 0 Å². The van der Waals surface area contributed by atoms with E-state index in [9.17, 15) is 15.4 Å². The number of rotatable bonds is 4. The zero-order chi connectivity index (χ0) is 18.5. The highest BCUT2D eigenvalue weighted by Crippen LogP contribution is 2.27. The molecule has 26 heavy (non-hydrogen) atoms. The molecule has 0 atom stereocenters. The Morgan fingerprint density at radius 1 is 1.08 bits per heavy atom. The van der Waals surface area contributed by atoms with Crippen LogP contribution in [0.25, 0.3) is 23.0 Å². The number of furan rings is 1. The zero-order valence-electron chi connectivity index (χ0n) is 13.4. The van der Waals surface area contributed by atoms with Gasteiger partial charge in [-0.3, -0.25) is 10.1 Å². The molecule has 2 aromatic carbocycles. The third-order valence-corrected chi connectivity index (χ3v) is 3.70. The van der Waals surface area contributed by atoms with Crippen LogP contribution >= 0.6 is 0 Å². The number of nitriles is 2. The maximum Gasteiger partial charge on any atom is 0.270 e. The summed E-state index contributed by atoms with van der Waals surface area (Å²) >= 11 is 0. The molecule has 6 heteroatoms. The summed E-state index contributed by atoms with van der Waals surface area (Å²) in [7, 11) is 0. The standard InChI is InChI=1S/C20H11N3O3/c21-12-14-4-6-15(7-5-14)17(13-22)11-19-8-9-20(26-19)16-2-1-3-18(10-16)23(24)25/h1-11H/b17-11-. The van der Waals surface area contributed by atoms with Crippen molar-refractivity contribution < 1.29 is 9.34 Å². The second-order valence-corrected chi connectivity index (χ2v) is 5.37. The topological polar surface area (TPSA) is 104 Å². The Bertz CT molecular complexity index is 1080. The van der Waals surface area contributed by atoms with Crippen LogP contribution in [0.5, 0.6) is 0 Å². The van der Waals surface area contributed by atoms with Gasteiger partial charge in [-0.15, -0.1) is 0 Å². The number of allylic oxidation sites excluding steroid dienone is 1. The van der Waals surface area contributed by atoms with Crippen LogP contribution in [0.1, 0.15) is 16.9 Å². The molecule has 0 aliphatic rings. The fourth-order valence-electron chi connectivity index (χ4n) is 2.41. The largest absolute Gasteiger partial charge is 0.457 e. The van der Waals surface area contributed by atoms with Gasteiger partial charge in [0, 0.05) is 17.7 Å². The molecule has 0 aliphatic heterocycles. The molecule has 124 valence electrons. The Kier molecular flexibility index (Phi) is 4.60. The maximum absolute atomic E-state index is 10.9.